The van der Waals surface area contributed by atoms with E-state index in [2.05, 4.69) is 0 Å². The lowest BCUT2D eigenvalue weighted by atomic mass is 9.85. The van der Waals surface area contributed by atoms with Crippen LogP contribution in [0.15, 0.2) is 42.5 Å². The Labute approximate surface area is 130 Å². The molecule has 2 rings (SSSR count). The lowest BCUT2D eigenvalue weighted by molar-refractivity contribution is 0.378. The number of benzene rings is 2. The molecule has 1 unspecified atom stereocenters. The van der Waals surface area contributed by atoms with Gasteiger partial charge in [0.25, 0.3) is 0 Å². The zero-order valence-electron chi connectivity index (χ0n) is 12.5. The highest BCUT2D eigenvalue weighted by Crippen LogP contribution is 2.33. The van der Waals surface area contributed by atoms with Gasteiger partial charge in [-0.2, -0.15) is 0 Å². The molecule has 2 aromatic carbocycles. The predicted molar refractivity (Wildman–Crippen MR) is 86.2 cm³/mol. The van der Waals surface area contributed by atoms with Crippen LogP contribution in [0, 0.1) is 0 Å². The van der Waals surface area contributed by atoms with Gasteiger partial charge in [-0.1, -0.05) is 29.8 Å². The quantitative estimate of drug-likeness (QED) is 0.914. The van der Waals surface area contributed by atoms with Crippen LogP contribution in [-0.2, 0) is 12.0 Å². The van der Waals surface area contributed by atoms with Gasteiger partial charge < -0.3 is 15.2 Å². The highest BCUT2D eigenvalue weighted by molar-refractivity contribution is 6.30. The molecule has 0 radical (unpaired) electrons. The summed E-state index contributed by atoms with van der Waals surface area (Å²) in [6.07, 6.45) is 0.594. The normalized spacial score (nSPS) is 13.6. The molecule has 4 heteroatoms. The van der Waals surface area contributed by atoms with Gasteiger partial charge in [0.1, 0.15) is 11.5 Å². The summed E-state index contributed by atoms with van der Waals surface area (Å²) in [5.41, 5.74) is 7.88. The minimum atomic E-state index is -0.593. The summed E-state index contributed by atoms with van der Waals surface area (Å²) in [5.74, 6) is 1.56. The summed E-state index contributed by atoms with van der Waals surface area (Å²) in [5, 5.41) is 0.668. The van der Waals surface area contributed by atoms with Crippen LogP contribution >= 0.6 is 11.6 Å². The number of nitrogens with two attached hydrogens (primary N) is 1. The molecule has 0 saturated carbocycles. The van der Waals surface area contributed by atoms with Gasteiger partial charge in [0, 0.05) is 16.1 Å². The van der Waals surface area contributed by atoms with Gasteiger partial charge in [0.05, 0.1) is 14.2 Å². The van der Waals surface area contributed by atoms with E-state index in [4.69, 9.17) is 26.8 Å². The van der Waals surface area contributed by atoms with Crippen molar-refractivity contribution in [2.75, 3.05) is 14.2 Å². The zero-order chi connectivity index (χ0) is 15.5. The summed E-state index contributed by atoms with van der Waals surface area (Å²) in [6.45, 7) is 1.98. The minimum absolute atomic E-state index is 0.593. The first kappa shape index (κ1) is 15.7. The van der Waals surface area contributed by atoms with Crippen LogP contribution in [0.25, 0.3) is 0 Å². The Balaban J connectivity index is 2.39. The Morgan fingerprint density at radius 3 is 2.38 bits per heavy atom. The van der Waals surface area contributed by atoms with E-state index < -0.39 is 5.54 Å². The maximum Gasteiger partial charge on any atom is 0.123 e. The fourth-order valence-electron chi connectivity index (χ4n) is 2.49. The molecule has 3 nitrogen and oxygen atoms in total. The van der Waals surface area contributed by atoms with Gasteiger partial charge in [0.2, 0.25) is 0 Å². The second-order valence-corrected chi connectivity index (χ2v) is 5.69. The number of hydrogen-bond acceptors (Lipinski definition) is 3. The minimum Gasteiger partial charge on any atom is -0.496 e. The Morgan fingerprint density at radius 2 is 1.71 bits per heavy atom. The summed E-state index contributed by atoms with van der Waals surface area (Å²) < 4.78 is 10.8. The number of para-hydroxylation sites is 1. The van der Waals surface area contributed by atoms with E-state index in [1.807, 2.05) is 43.3 Å². The summed E-state index contributed by atoms with van der Waals surface area (Å²) in [7, 11) is 3.29. The molecule has 0 spiro atoms. The lowest BCUT2D eigenvalue weighted by Crippen LogP contribution is -2.36. The van der Waals surface area contributed by atoms with Crippen molar-refractivity contribution in [2.24, 2.45) is 5.73 Å². The van der Waals surface area contributed by atoms with E-state index in [0.29, 0.717) is 11.4 Å². The standard InChI is InChI=1S/C17H20ClNO2/c1-17(19,14-6-4-5-7-16(14)21-3)11-12-10-13(18)8-9-15(12)20-2/h4-10H,11,19H2,1-3H3. The molecule has 2 N–H and O–H groups in total. The average molecular weight is 306 g/mol. The number of hydrogen-bond donors (Lipinski definition) is 1. The number of halogens is 1. The van der Waals surface area contributed by atoms with Gasteiger partial charge >= 0.3 is 0 Å². The van der Waals surface area contributed by atoms with Crippen molar-refractivity contribution in [3.63, 3.8) is 0 Å². The first-order valence-electron chi connectivity index (χ1n) is 6.72. The van der Waals surface area contributed by atoms with Crippen molar-refractivity contribution < 1.29 is 9.47 Å². The number of rotatable bonds is 5. The van der Waals surface area contributed by atoms with Crippen LogP contribution in [0.5, 0.6) is 11.5 Å². The highest BCUT2D eigenvalue weighted by Gasteiger charge is 2.26. The van der Waals surface area contributed by atoms with E-state index >= 15 is 0 Å². The number of methoxy groups -OCH3 is 2. The first-order chi connectivity index (χ1) is 9.97. The second-order valence-electron chi connectivity index (χ2n) is 5.25. The second kappa shape index (κ2) is 6.37. The van der Waals surface area contributed by atoms with Crippen LogP contribution in [0.1, 0.15) is 18.1 Å². The molecule has 0 aliphatic heterocycles. The molecule has 0 aliphatic rings. The van der Waals surface area contributed by atoms with Crippen molar-refractivity contribution in [3.05, 3.63) is 58.6 Å². The molecule has 0 heterocycles. The summed E-state index contributed by atoms with van der Waals surface area (Å²) >= 11 is 6.09. The topological polar surface area (TPSA) is 44.5 Å². The van der Waals surface area contributed by atoms with E-state index in [9.17, 15) is 0 Å². The SMILES string of the molecule is COc1ccc(Cl)cc1CC(C)(N)c1ccccc1OC. The van der Waals surface area contributed by atoms with Crippen molar-refractivity contribution in [1.82, 2.24) is 0 Å². The smallest absolute Gasteiger partial charge is 0.123 e. The van der Waals surface area contributed by atoms with Gasteiger partial charge in [0.15, 0.2) is 0 Å². The van der Waals surface area contributed by atoms with Crippen molar-refractivity contribution >= 4 is 11.6 Å². The Hall–Kier alpha value is -1.71. The first-order valence-corrected chi connectivity index (χ1v) is 7.10. The van der Waals surface area contributed by atoms with Crippen molar-refractivity contribution in [1.29, 1.82) is 0 Å². The molecule has 0 aliphatic carbocycles. The monoisotopic (exact) mass is 305 g/mol. The van der Waals surface area contributed by atoms with Crippen molar-refractivity contribution in [2.45, 2.75) is 18.9 Å². The third-order valence-electron chi connectivity index (χ3n) is 3.52. The highest BCUT2D eigenvalue weighted by atomic mass is 35.5. The fraction of sp³-hybridized carbons (Fsp3) is 0.294. The van der Waals surface area contributed by atoms with E-state index in [1.54, 1.807) is 20.3 Å². The Bertz CT molecular complexity index is 626. The summed E-state index contributed by atoms with van der Waals surface area (Å²) in [4.78, 5) is 0. The molecular weight excluding hydrogens is 286 g/mol. The maximum atomic E-state index is 6.54. The van der Waals surface area contributed by atoms with Crippen LogP contribution in [-0.4, -0.2) is 14.2 Å². The average Bonchev–Trinajstić information content (AvgIpc) is 2.47. The van der Waals surface area contributed by atoms with Crippen LogP contribution < -0.4 is 15.2 Å². The van der Waals surface area contributed by atoms with Gasteiger partial charge in [-0.25, -0.2) is 0 Å². The molecule has 1 atom stereocenters. The molecular formula is C17H20ClNO2. The molecule has 0 fully saturated rings. The van der Waals surface area contributed by atoms with E-state index in [0.717, 1.165) is 22.6 Å². The zero-order valence-corrected chi connectivity index (χ0v) is 13.3. The maximum absolute atomic E-state index is 6.54. The summed E-state index contributed by atoms with van der Waals surface area (Å²) in [6, 6.07) is 13.3. The van der Waals surface area contributed by atoms with E-state index in [-0.39, 0.29) is 0 Å². The molecule has 21 heavy (non-hydrogen) atoms. The lowest BCUT2D eigenvalue weighted by Gasteiger charge is -2.28. The largest absolute Gasteiger partial charge is 0.496 e. The van der Waals surface area contributed by atoms with Gasteiger partial charge in [-0.05, 0) is 43.2 Å². The molecule has 0 bridgehead atoms. The Kier molecular flexibility index (Phi) is 4.76. The molecule has 0 amide bonds. The third-order valence-corrected chi connectivity index (χ3v) is 3.76. The van der Waals surface area contributed by atoms with Crippen LogP contribution in [0.4, 0.5) is 0 Å². The molecule has 112 valence electrons. The number of ether oxygens (including phenoxy) is 2. The van der Waals surface area contributed by atoms with Crippen LogP contribution in [0.3, 0.4) is 0 Å². The fourth-order valence-corrected chi connectivity index (χ4v) is 2.69. The molecule has 0 saturated heterocycles. The Morgan fingerprint density at radius 1 is 1.05 bits per heavy atom. The molecule has 0 aromatic heterocycles. The molecule has 2 aromatic rings. The van der Waals surface area contributed by atoms with Gasteiger partial charge in [-0.3, -0.25) is 0 Å². The van der Waals surface area contributed by atoms with E-state index in [1.165, 1.54) is 0 Å². The third kappa shape index (κ3) is 3.49. The van der Waals surface area contributed by atoms with Crippen LogP contribution in [0.2, 0.25) is 5.02 Å². The predicted octanol–water partition coefficient (Wildman–Crippen LogP) is 3.77. The van der Waals surface area contributed by atoms with Gasteiger partial charge in [-0.15, -0.1) is 0 Å². The van der Waals surface area contributed by atoms with Crippen molar-refractivity contribution in [3.8, 4) is 11.5 Å².